The Morgan fingerprint density at radius 3 is 1.88 bits per heavy atom. The molecule has 0 unspecified atom stereocenters. The summed E-state index contributed by atoms with van der Waals surface area (Å²) in [5, 5.41) is 12.3. The van der Waals surface area contributed by atoms with Crippen LogP contribution in [0.4, 0.5) is 13.2 Å². The Morgan fingerprint density at radius 2 is 1.24 bits per heavy atom. The van der Waals surface area contributed by atoms with Gasteiger partial charge in [-0.25, -0.2) is 4.79 Å². The molecule has 8 nitrogen and oxygen atoms in total. The van der Waals surface area contributed by atoms with Crippen LogP contribution in [0.15, 0.2) is 127 Å². The lowest BCUT2D eigenvalue weighted by Crippen LogP contribution is -2.35. The van der Waals surface area contributed by atoms with Crippen LogP contribution in [0.25, 0.3) is 11.1 Å². The molecular weight excluding hydrogens is 637 g/mol. The summed E-state index contributed by atoms with van der Waals surface area (Å²) in [6, 6.07) is 36.4. The summed E-state index contributed by atoms with van der Waals surface area (Å²) in [6.45, 7) is -0.140. The SMILES string of the molecule is O=C(O)C(=O)N(Cc1ccc(-c2ccc(C(=O)NCCc3ccc(Oc4ccccc4)cc3)cc2)cc1)Cc1ccccc1OC(F)(F)F. The van der Waals surface area contributed by atoms with E-state index < -0.39 is 30.5 Å². The van der Waals surface area contributed by atoms with Gasteiger partial charge in [0.2, 0.25) is 0 Å². The van der Waals surface area contributed by atoms with Crippen LogP contribution in [-0.2, 0) is 29.1 Å². The number of hydrogen-bond donors (Lipinski definition) is 2. The molecule has 0 heterocycles. The molecular formula is C38H31F3N2O6. The van der Waals surface area contributed by atoms with Crippen molar-refractivity contribution >= 4 is 17.8 Å². The third kappa shape index (κ3) is 9.94. The van der Waals surface area contributed by atoms with Gasteiger partial charge in [-0.15, -0.1) is 13.2 Å². The predicted molar refractivity (Wildman–Crippen MR) is 176 cm³/mol. The summed E-state index contributed by atoms with van der Waals surface area (Å²) in [7, 11) is 0. The number of carboxylic acids is 1. The first-order valence-corrected chi connectivity index (χ1v) is 15.2. The van der Waals surface area contributed by atoms with Crippen molar-refractivity contribution in [3.05, 3.63) is 150 Å². The number of benzene rings is 5. The van der Waals surface area contributed by atoms with E-state index in [2.05, 4.69) is 10.1 Å². The molecule has 0 aromatic heterocycles. The van der Waals surface area contributed by atoms with Crippen LogP contribution < -0.4 is 14.8 Å². The standard InChI is InChI=1S/C38H31F3N2O6/c39-38(40,41)49-34-9-5-4-6-31(34)25-43(36(45)37(46)47)24-27-10-14-28(15-11-27)29-16-18-30(19-17-29)35(44)42-23-22-26-12-20-33(21-13-26)48-32-7-2-1-3-8-32/h1-21H,22-25H2,(H,42,44)(H,46,47). The van der Waals surface area contributed by atoms with Gasteiger partial charge >= 0.3 is 18.2 Å². The van der Waals surface area contributed by atoms with Crippen molar-refractivity contribution in [2.24, 2.45) is 0 Å². The molecule has 49 heavy (non-hydrogen) atoms. The first kappa shape index (κ1) is 34.2. The minimum Gasteiger partial charge on any atom is -0.474 e. The van der Waals surface area contributed by atoms with Crippen LogP contribution in [0.3, 0.4) is 0 Å². The molecule has 5 rings (SSSR count). The van der Waals surface area contributed by atoms with Crippen LogP contribution in [0.5, 0.6) is 17.2 Å². The molecule has 0 spiro atoms. The molecule has 0 aliphatic carbocycles. The third-order valence-corrected chi connectivity index (χ3v) is 7.44. The van der Waals surface area contributed by atoms with E-state index in [0.29, 0.717) is 24.1 Å². The van der Waals surface area contributed by atoms with Crippen LogP contribution >= 0.6 is 0 Å². The zero-order chi connectivity index (χ0) is 34.8. The van der Waals surface area contributed by atoms with E-state index in [1.807, 2.05) is 54.6 Å². The molecule has 250 valence electrons. The second-order valence-corrected chi connectivity index (χ2v) is 11.0. The summed E-state index contributed by atoms with van der Waals surface area (Å²) in [6.07, 6.45) is -4.31. The highest BCUT2D eigenvalue weighted by atomic mass is 19.4. The zero-order valence-corrected chi connectivity index (χ0v) is 26.0. The van der Waals surface area contributed by atoms with Crippen LogP contribution in [0, 0.1) is 0 Å². The Kier molecular flexibility index (Phi) is 10.9. The summed E-state index contributed by atoms with van der Waals surface area (Å²) < 4.78 is 48.5. The van der Waals surface area contributed by atoms with Crippen molar-refractivity contribution < 1.29 is 42.1 Å². The van der Waals surface area contributed by atoms with Gasteiger partial charge in [0.15, 0.2) is 0 Å². The number of hydrogen-bond acceptors (Lipinski definition) is 5. The molecule has 0 aliphatic heterocycles. The van der Waals surface area contributed by atoms with Gasteiger partial charge < -0.3 is 24.8 Å². The van der Waals surface area contributed by atoms with E-state index in [-0.39, 0.29) is 18.0 Å². The Bertz CT molecular complexity index is 1880. The Balaban J connectivity index is 1.15. The van der Waals surface area contributed by atoms with E-state index in [0.717, 1.165) is 39.2 Å². The third-order valence-electron chi connectivity index (χ3n) is 7.44. The summed E-state index contributed by atoms with van der Waals surface area (Å²) in [5.41, 5.74) is 3.72. The number of alkyl halides is 3. The number of amides is 2. The maximum Gasteiger partial charge on any atom is 0.573 e. The lowest BCUT2D eigenvalue weighted by molar-refractivity contribution is -0.275. The average molecular weight is 669 g/mol. The number of halogens is 3. The van der Waals surface area contributed by atoms with Gasteiger partial charge in [0.05, 0.1) is 6.54 Å². The van der Waals surface area contributed by atoms with Crippen molar-refractivity contribution in [2.75, 3.05) is 6.54 Å². The molecule has 5 aromatic rings. The summed E-state index contributed by atoms with van der Waals surface area (Å²) in [5.74, 6) is -2.26. The monoisotopic (exact) mass is 668 g/mol. The maximum atomic E-state index is 12.9. The van der Waals surface area contributed by atoms with Gasteiger partial charge in [-0.05, 0) is 71.1 Å². The molecule has 0 aliphatic rings. The molecule has 2 amide bonds. The molecule has 11 heteroatoms. The second-order valence-electron chi connectivity index (χ2n) is 11.0. The highest BCUT2D eigenvalue weighted by molar-refractivity contribution is 6.31. The molecule has 0 fully saturated rings. The van der Waals surface area contributed by atoms with Crippen LogP contribution in [-0.4, -0.2) is 40.7 Å². The molecule has 0 radical (unpaired) electrons. The number of carbonyl (C=O) groups excluding carboxylic acids is 2. The van der Waals surface area contributed by atoms with Gasteiger partial charge in [0, 0.05) is 24.2 Å². The fourth-order valence-electron chi connectivity index (χ4n) is 5.01. The van der Waals surface area contributed by atoms with Crippen molar-refractivity contribution in [3.63, 3.8) is 0 Å². The Morgan fingerprint density at radius 1 is 0.673 bits per heavy atom. The first-order valence-electron chi connectivity index (χ1n) is 15.2. The molecule has 0 bridgehead atoms. The van der Waals surface area contributed by atoms with E-state index in [9.17, 15) is 32.7 Å². The normalized spacial score (nSPS) is 11.0. The minimum atomic E-state index is -4.96. The van der Waals surface area contributed by atoms with Crippen LogP contribution in [0.2, 0.25) is 0 Å². The summed E-state index contributed by atoms with van der Waals surface area (Å²) in [4.78, 5) is 37.6. The second kappa shape index (κ2) is 15.7. The van der Waals surface area contributed by atoms with Crippen LogP contribution in [0.1, 0.15) is 27.0 Å². The lowest BCUT2D eigenvalue weighted by atomic mass is 10.0. The van der Waals surface area contributed by atoms with Crippen molar-refractivity contribution in [2.45, 2.75) is 25.9 Å². The number of para-hydroxylation sites is 2. The fourth-order valence-corrected chi connectivity index (χ4v) is 5.01. The first-order chi connectivity index (χ1) is 23.5. The minimum absolute atomic E-state index is 0.00143. The lowest BCUT2D eigenvalue weighted by Gasteiger charge is -2.23. The number of carboxylic acid groups (broad SMARTS) is 1. The number of rotatable bonds is 12. The predicted octanol–water partition coefficient (Wildman–Crippen LogP) is 7.63. The molecule has 2 N–H and O–H groups in total. The number of nitrogens with zero attached hydrogens (tertiary/aromatic N) is 1. The quantitative estimate of drug-likeness (QED) is 0.133. The van der Waals surface area contributed by atoms with Gasteiger partial charge in [0.25, 0.3) is 5.91 Å². The van der Waals surface area contributed by atoms with Gasteiger partial charge in [-0.2, -0.15) is 0 Å². The highest BCUT2D eigenvalue weighted by Crippen LogP contribution is 2.28. The number of ether oxygens (including phenoxy) is 2. The molecule has 0 saturated carbocycles. The van der Waals surface area contributed by atoms with E-state index >= 15 is 0 Å². The van der Waals surface area contributed by atoms with Crippen molar-refractivity contribution in [1.82, 2.24) is 10.2 Å². The van der Waals surface area contributed by atoms with Gasteiger partial charge in [-0.1, -0.05) is 84.9 Å². The van der Waals surface area contributed by atoms with E-state index in [4.69, 9.17) is 4.74 Å². The van der Waals surface area contributed by atoms with Gasteiger partial charge in [-0.3, -0.25) is 9.59 Å². The highest BCUT2D eigenvalue weighted by Gasteiger charge is 2.32. The number of carbonyl (C=O) groups is 3. The zero-order valence-electron chi connectivity index (χ0n) is 26.0. The molecule has 0 atom stereocenters. The average Bonchev–Trinajstić information content (AvgIpc) is 3.09. The Labute approximate surface area is 280 Å². The van der Waals surface area contributed by atoms with E-state index in [1.165, 1.54) is 18.2 Å². The number of nitrogens with one attached hydrogen (secondary N) is 1. The van der Waals surface area contributed by atoms with Crippen molar-refractivity contribution in [3.8, 4) is 28.4 Å². The summed E-state index contributed by atoms with van der Waals surface area (Å²) >= 11 is 0. The number of aliphatic carboxylic acids is 1. The molecule has 0 saturated heterocycles. The smallest absolute Gasteiger partial charge is 0.474 e. The van der Waals surface area contributed by atoms with Gasteiger partial charge in [0.1, 0.15) is 17.2 Å². The van der Waals surface area contributed by atoms with E-state index in [1.54, 1.807) is 48.5 Å². The maximum absolute atomic E-state index is 12.9. The largest absolute Gasteiger partial charge is 0.573 e. The topological polar surface area (TPSA) is 105 Å². The Hall–Kier alpha value is -6.10. The fraction of sp³-hybridized carbons (Fsp3) is 0.132. The van der Waals surface area contributed by atoms with Crippen molar-refractivity contribution in [1.29, 1.82) is 0 Å². The molecule has 5 aromatic carbocycles.